The smallest absolute Gasteiger partial charge is 0.383 e. The Kier molecular flexibility index (Phi) is 6.48. The Morgan fingerprint density at radius 2 is 1.95 bits per heavy atom. The number of hydrogen-bond donors (Lipinski definition) is 1. The van der Waals surface area contributed by atoms with Crippen molar-refractivity contribution in [1.29, 1.82) is 0 Å². The second-order valence-electron chi connectivity index (χ2n) is 5.22. The van der Waals surface area contributed by atoms with Gasteiger partial charge in [-0.3, -0.25) is 0 Å². The molecule has 1 rings (SSSR count). The molecule has 1 aromatic carbocycles. The predicted octanol–water partition coefficient (Wildman–Crippen LogP) is 3.29. The maximum absolute atomic E-state index is 13.2. The Labute approximate surface area is 124 Å². The normalized spacial score (nSPS) is 12.0. The van der Waals surface area contributed by atoms with Crippen LogP contribution in [0.3, 0.4) is 0 Å². The average Bonchev–Trinajstić information content (AvgIpc) is 2.41. The molecule has 0 aliphatic heterocycles. The number of methoxy groups -OCH3 is 1. The van der Waals surface area contributed by atoms with E-state index in [-0.39, 0.29) is 11.7 Å². The molecule has 21 heavy (non-hydrogen) atoms. The van der Waals surface area contributed by atoms with E-state index in [0.717, 1.165) is 0 Å². The monoisotopic (exact) mass is 304 g/mol. The highest BCUT2D eigenvalue weighted by molar-refractivity contribution is 5.56. The summed E-state index contributed by atoms with van der Waals surface area (Å²) in [5.41, 5.74) is 0.224. The van der Waals surface area contributed by atoms with E-state index in [0.29, 0.717) is 25.3 Å². The lowest BCUT2D eigenvalue weighted by Gasteiger charge is -2.27. The van der Waals surface area contributed by atoms with E-state index in [2.05, 4.69) is 5.32 Å². The van der Waals surface area contributed by atoms with Crippen molar-refractivity contribution in [3.8, 4) is 0 Å². The summed E-state index contributed by atoms with van der Waals surface area (Å²) in [4.78, 5) is 1.63. The van der Waals surface area contributed by atoms with Crippen LogP contribution in [0, 0.1) is 0 Å². The fourth-order valence-electron chi connectivity index (χ4n) is 1.91. The van der Waals surface area contributed by atoms with Gasteiger partial charge in [-0.15, -0.1) is 0 Å². The Morgan fingerprint density at radius 3 is 2.48 bits per heavy atom. The summed E-state index contributed by atoms with van der Waals surface area (Å²) in [6, 6.07) is 4.48. The first-order valence-electron chi connectivity index (χ1n) is 6.90. The molecule has 0 amide bonds. The topological polar surface area (TPSA) is 24.5 Å². The second kappa shape index (κ2) is 7.66. The third-order valence-corrected chi connectivity index (χ3v) is 3.33. The zero-order valence-electron chi connectivity index (χ0n) is 12.9. The van der Waals surface area contributed by atoms with Crippen molar-refractivity contribution in [1.82, 2.24) is 5.32 Å². The van der Waals surface area contributed by atoms with Gasteiger partial charge in [-0.05, 0) is 31.5 Å². The highest BCUT2D eigenvalue weighted by Gasteiger charge is 2.35. The number of nitrogens with one attached hydrogen (secondary N) is 1. The molecule has 6 heteroatoms. The molecule has 0 bridgehead atoms. The van der Waals surface area contributed by atoms with Crippen LogP contribution in [-0.2, 0) is 17.5 Å². The number of halogens is 3. The third-order valence-electron chi connectivity index (χ3n) is 3.33. The fraction of sp³-hybridized carbons (Fsp3) is 0.600. The molecular weight excluding hydrogens is 281 g/mol. The van der Waals surface area contributed by atoms with Gasteiger partial charge >= 0.3 is 6.18 Å². The van der Waals surface area contributed by atoms with Gasteiger partial charge in [0, 0.05) is 39.0 Å². The Bertz CT molecular complexity index is 447. The van der Waals surface area contributed by atoms with Crippen LogP contribution in [0.5, 0.6) is 0 Å². The van der Waals surface area contributed by atoms with Gasteiger partial charge in [0.05, 0.1) is 12.2 Å². The van der Waals surface area contributed by atoms with Crippen molar-refractivity contribution < 1.29 is 17.9 Å². The van der Waals surface area contributed by atoms with Crippen LogP contribution < -0.4 is 10.2 Å². The van der Waals surface area contributed by atoms with Gasteiger partial charge < -0.3 is 15.0 Å². The minimum Gasteiger partial charge on any atom is -0.383 e. The molecule has 0 aromatic heterocycles. The van der Waals surface area contributed by atoms with Crippen molar-refractivity contribution in [2.75, 3.05) is 32.2 Å². The van der Waals surface area contributed by atoms with Crippen LogP contribution in [0.4, 0.5) is 18.9 Å². The molecule has 0 aliphatic rings. The maximum Gasteiger partial charge on any atom is 0.418 e. The molecule has 1 aromatic rings. The molecule has 0 radical (unpaired) electrons. The summed E-state index contributed by atoms with van der Waals surface area (Å²) in [5.74, 6) is 0. The van der Waals surface area contributed by atoms with E-state index in [1.165, 1.54) is 12.1 Å². The zero-order chi connectivity index (χ0) is 16.0. The summed E-state index contributed by atoms with van der Waals surface area (Å²) >= 11 is 0. The summed E-state index contributed by atoms with van der Waals surface area (Å²) in [6.07, 6.45) is -4.36. The molecule has 0 heterocycles. The first-order valence-corrected chi connectivity index (χ1v) is 6.90. The van der Waals surface area contributed by atoms with Gasteiger partial charge in [0.15, 0.2) is 0 Å². The fourth-order valence-corrected chi connectivity index (χ4v) is 1.91. The standard InChI is InChI=1S/C15H23F3N2O/c1-11(2)20(3)14-6-5-12(10-19-7-8-21-4)9-13(14)15(16,17)18/h5-6,9,11,19H,7-8,10H2,1-4H3. The van der Waals surface area contributed by atoms with Gasteiger partial charge in [0.1, 0.15) is 0 Å². The molecule has 0 atom stereocenters. The first-order chi connectivity index (χ1) is 9.77. The van der Waals surface area contributed by atoms with Crippen molar-refractivity contribution in [3.63, 3.8) is 0 Å². The highest BCUT2D eigenvalue weighted by Crippen LogP contribution is 2.37. The summed E-state index contributed by atoms with van der Waals surface area (Å²) in [6.45, 7) is 5.24. The molecule has 0 spiro atoms. The van der Waals surface area contributed by atoms with Gasteiger partial charge in [-0.25, -0.2) is 0 Å². The predicted molar refractivity (Wildman–Crippen MR) is 78.6 cm³/mol. The zero-order valence-corrected chi connectivity index (χ0v) is 12.9. The average molecular weight is 304 g/mol. The Balaban J connectivity index is 2.97. The Hall–Kier alpha value is -1.27. The molecular formula is C15H23F3N2O. The van der Waals surface area contributed by atoms with E-state index >= 15 is 0 Å². The second-order valence-corrected chi connectivity index (χ2v) is 5.22. The molecule has 0 aliphatic carbocycles. The lowest BCUT2D eigenvalue weighted by Crippen LogP contribution is -2.28. The van der Waals surface area contributed by atoms with Crippen LogP contribution >= 0.6 is 0 Å². The van der Waals surface area contributed by atoms with Crippen molar-refractivity contribution in [2.24, 2.45) is 0 Å². The minimum atomic E-state index is -4.36. The van der Waals surface area contributed by atoms with Crippen LogP contribution in [0.2, 0.25) is 0 Å². The van der Waals surface area contributed by atoms with E-state index in [1.54, 1.807) is 25.1 Å². The van der Waals surface area contributed by atoms with Gasteiger partial charge in [-0.1, -0.05) is 6.07 Å². The highest BCUT2D eigenvalue weighted by atomic mass is 19.4. The molecule has 0 unspecified atom stereocenters. The van der Waals surface area contributed by atoms with Crippen molar-refractivity contribution in [2.45, 2.75) is 32.6 Å². The molecule has 1 N–H and O–H groups in total. The maximum atomic E-state index is 13.2. The number of nitrogens with zero attached hydrogens (tertiary/aromatic N) is 1. The van der Waals surface area contributed by atoms with Crippen molar-refractivity contribution >= 4 is 5.69 Å². The number of alkyl halides is 3. The first kappa shape index (κ1) is 17.8. The lowest BCUT2D eigenvalue weighted by molar-refractivity contribution is -0.137. The van der Waals surface area contributed by atoms with Gasteiger partial charge in [-0.2, -0.15) is 13.2 Å². The summed E-state index contributed by atoms with van der Waals surface area (Å²) in [7, 11) is 3.26. The molecule has 3 nitrogen and oxygen atoms in total. The van der Waals surface area contributed by atoms with Crippen LogP contribution in [-0.4, -0.2) is 33.4 Å². The quantitative estimate of drug-likeness (QED) is 0.782. The summed E-state index contributed by atoms with van der Waals surface area (Å²) < 4.78 is 44.6. The number of rotatable bonds is 7. The van der Waals surface area contributed by atoms with Crippen LogP contribution in [0.15, 0.2) is 18.2 Å². The SMILES string of the molecule is COCCNCc1ccc(N(C)C(C)C)c(C(F)(F)F)c1. The largest absolute Gasteiger partial charge is 0.418 e. The van der Waals surface area contributed by atoms with E-state index in [4.69, 9.17) is 4.74 Å². The summed E-state index contributed by atoms with van der Waals surface area (Å²) in [5, 5.41) is 3.05. The van der Waals surface area contributed by atoms with Gasteiger partial charge in [0.2, 0.25) is 0 Å². The third kappa shape index (κ3) is 5.21. The van der Waals surface area contributed by atoms with E-state index in [9.17, 15) is 13.2 Å². The van der Waals surface area contributed by atoms with Gasteiger partial charge in [0.25, 0.3) is 0 Å². The molecule has 120 valence electrons. The molecule has 0 saturated carbocycles. The number of ether oxygens (including phenoxy) is 1. The molecule has 0 fully saturated rings. The lowest BCUT2D eigenvalue weighted by atomic mass is 10.1. The van der Waals surface area contributed by atoms with Crippen LogP contribution in [0.25, 0.3) is 0 Å². The number of benzene rings is 1. The number of hydrogen-bond acceptors (Lipinski definition) is 3. The van der Waals surface area contributed by atoms with E-state index < -0.39 is 11.7 Å². The number of anilines is 1. The Morgan fingerprint density at radius 1 is 1.29 bits per heavy atom. The minimum absolute atomic E-state index is 0.00298. The molecule has 0 saturated heterocycles. The van der Waals surface area contributed by atoms with Crippen molar-refractivity contribution in [3.05, 3.63) is 29.3 Å². The van der Waals surface area contributed by atoms with E-state index in [1.807, 2.05) is 13.8 Å². The van der Waals surface area contributed by atoms with Crippen LogP contribution in [0.1, 0.15) is 25.0 Å².